The Morgan fingerprint density at radius 1 is 1.42 bits per heavy atom. The molecular weight excluding hydrogens is 238 g/mol. The number of fused-ring (bicyclic) bond motifs is 3. The van der Waals surface area contributed by atoms with E-state index in [1.54, 1.807) is 4.68 Å². The summed E-state index contributed by atoms with van der Waals surface area (Å²) >= 11 is 0. The first-order valence-electron chi connectivity index (χ1n) is 7.59. The third kappa shape index (κ3) is 2.84. The largest absolute Gasteiger partial charge is 0.394 e. The van der Waals surface area contributed by atoms with E-state index in [0.29, 0.717) is 0 Å². The maximum atomic E-state index is 9.55. The molecular formula is C15H25N3O. The molecule has 106 valence electrons. The molecule has 2 bridgehead atoms. The summed E-state index contributed by atoms with van der Waals surface area (Å²) in [6.07, 6.45) is 11.0. The van der Waals surface area contributed by atoms with Gasteiger partial charge < -0.3 is 10.4 Å². The van der Waals surface area contributed by atoms with E-state index in [9.17, 15) is 5.11 Å². The first-order chi connectivity index (χ1) is 9.26. The van der Waals surface area contributed by atoms with Gasteiger partial charge in [0, 0.05) is 18.8 Å². The van der Waals surface area contributed by atoms with Crippen LogP contribution in [0.15, 0.2) is 12.4 Å². The molecule has 3 fully saturated rings. The highest BCUT2D eigenvalue weighted by molar-refractivity contribution is 5.10. The first kappa shape index (κ1) is 13.1. The van der Waals surface area contributed by atoms with Crippen molar-refractivity contribution in [3.8, 4) is 0 Å². The Balaban J connectivity index is 1.56. The predicted octanol–water partition coefficient (Wildman–Crippen LogP) is 1.87. The van der Waals surface area contributed by atoms with E-state index >= 15 is 0 Å². The van der Waals surface area contributed by atoms with E-state index in [1.165, 1.54) is 32.1 Å². The molecule has 2 atom stereocenters. The highest BCUT2D eigenvalue weighted by Crippen LogP contribution is 2.44. The van der Waals surface area contributed by atoms with E-state index in [-0.39, 0.29) is 12.6 Å². The smallest absolute Gasteiger partial charge is 0.0627 e. The molecule has 0 spiro atoms. The van der Waals surface area contributed by atoms with E-state index < -0.39 is 0 Å². The highest BCUT2D eigenvalue weighted by Gasteiger charge is 2.35. The number of aromatic nitrogens is 2. The lowest BCUT2D eigenvalue weighted by Crippen LogP contribution is -2.39. The minimum Gasteiger partial charge on any atom is -0.394 e. The van der Waals surface area contributed by atoms with Crippen LogP contribution in [0.4, 0.5) is 0 Å². The van der Waals surface area contributed by atoms with Crippen molar-refractivity contribution in [2.45, 2.75) is 38.1 Å². The normalized spacial score (nSPS) is 31.6. The Bertz CT molecular complexity index is 409. The van der Waals surface area contributed by atoms with Crippen molar-refractivity contribution in [3.63, 3.8) is 0 Å². The van der Waals surface area contributed by atoms with Gasteiger partial charge in [-0.1, -0.05) is 12.8 Å². The average Bonchev–Trinajstić information content (AvgIpc) is 2.87. The van der Waals surface area contributed by atoms with Gasteiger partial charge in [0.2, 0.25) is 0 Å². The van der Waals surface area contributed by atoms with Gasteiger partial charge in [0.05, 0.1) is 18.8 Å². The maximum Gasteiger partial charge on any atom is 0.0627 e. The van der Waals surface area contributed by atoms with E-state index in [0.717, 1.165) is 29.9 Å². The second kappa shape index (κ2) is 5.63. The number of hydrogen-bond acceptors (Lipinski definition) is 3. The summed E-state index contributed by atoms with van der Waals surface area (Å²) in [5.41, 5.74) is 1.09. The lowest BCUT2D eigenvalue weighted by atomic mass is 9.65. The quantitative estimate of drug-likeness (QED) is 0.852. The fraction of sp³-hybridized carbons (Fsp3) is 0.800. The molecule has 19 heavy (non-hydrogen) atoms. The van der Waals surface area contributed by atoms with Crippen molar-refractivity contribution in [1.29, 1.82) is 0 Å². The van der Waals surface area contributed by atoms with Crippen LogP contribution in [0.25, 0.3) is 0 Å². The predicted molar refractivity (Wildman–Crippen MR) is 74.6 cm³/mol. The van der Waals surface area contributed by atoms with Crippen molar-refractivity contribution in [3.05, 3.63) is 18.0 Å². The minimum atomic E-state index is 0.0363. The van der Waals surface area contributed by atoms with Crippen molar-refractivity contribution in [2.24, 2.45) is 24.8 Å². The van der Waals surface area contributed by atoms with Crippen LogP contribution < -0.4 is 5.32 Å². The standard InChI is InChI=1S/C15H25N3O/c1-18-9-14(8-17-18)15(10-19)16-7-13-6-11-2-4-12(13)5-3-11/h8-9,11-13,15-16,19H,2-7,10H2,1H3. The van der Waals surface area contributed by atoms with Crippen molar-refractivity contribution in [2.75, 3.05) is 13.2 Å². The number of aliphatic hydroxyl groups excluding tert-OH is 1. The fourth-order valence-corrected chi connectivity index (χ4v) is 3.97. The fourth-order valence-electron chi connectivity index (χ4n) is 3.97. The Kier molecular flexibility index (Phi) is 3.89. The van der Waals surface area contributed by atoms with E-state index in [2.05, 4.69) is 10.4 Å². The van der Waals surface area contributed by atoms with Crippen molar-refractivity contribution < 1.29 is 5.11 Å². The number of aryl methyl sites for hydroxylation is 1. The topological polar surface area (TPSA) is 50.1 Å². The van der Waals surface area contributed by atoms with E-state index in [1.807, 2.05) is 19.4 Å². The molecule has 0 saturated heterocycles. The molecule has 1 aromatic rings. The molecule has 4 rings (SSSR count). The van der Waals surface area contributed by atoms with Crippen molar-refractivity contribution >= 4 is 0 Å². The van der Waals surface area contributed by atoms with Gasteiger partial charge in [-0.15, -0.1) is 0 Å². The summed E-state index contributed by atoms with van der Waals surface area (Å²) in [5, 5.41) is 17.3. The van der Waals surface area contributed by atoms with Gasteiger partial charge in [-0.2, -0.15) is 5.10 Å². The molecule has 3 saturated carbocycles. The molecule has 0 aliphatic heterocycles. The van der Waals surface area contributed by atoms with Crippen LogP contribution >= 0.6 is 0 Å². The summed E-state index contributed by atoms with van der Waals surface area (Å²) < 4.78 is 1.79. The molecule has 2 unspecified atom stereocenters. The monoisotopic (exact) mass is 263 g/mol. The number of nitrogens with zero attached hydrogens (tertiary/aromatic N) is 2. The second-order valence-corrected chi connectivity index (χ2v) is 6.37. The highest BCUT2D eigenvalue weighted by atomic mass is 16.3. The van der Waals surface area contributed by atoms with Crippen LogP contribution in [-0.4, -0.2) is 28.0 Å². The Labute approximate surface area is 115 Å². The third-order valence-corrected chi connectivity index (χ3v) is 5.13. The van der Waals surface area contributed by atoms with Crippen LogP contribution in [0.3, 0.4) is 0 Å². The van der Waals surface area contributed by atoms with Crippen LogP contribution in [0.1, 0.15) is 43.7 Å². The lowest BCUT2D eigenvalue weighted by Gasteiger charge is -2.43. The number of hydrogen-bond donors (Lipinski definition) is 2. The van der Waals surface area contributed by atoms with Gasteiger partial charge in [-0.25, -0.2) is 0 Å². The van der Waals surface area contributed by atoms with Gasteiger partial charge in [0.25, 0.3) is 0 Å². The summed E-state index contributed by atoms with van der Waals surface area (Å²) in [5.74, 6) is 2.71. The van der Waals surface area contributed by atoms with Gasteiger partial charge in [-0.05, 0) is 43.6 Å². The maximum absolute atomic E-state index is 9.55. The Morgan fingerprint density at radius 2 is 2.21 bits per heavy atom. The molecule has 0 aromatic carbocycles. The molecule has 2 N–H and O–H groups in total. The van der Waals surface area contributed by atoms with Gasteiger partial charge >= 0.3 is 0 Å². The SMILES string of the molecule is Cn1cc(C(CO)NCC2CC3CCC2CC3)cn1. The van der Waals surface area contributed by atoms with Gasteiger partial charge in [0.1, 0.15) is 0 Å². The van der Waals surface area contributed by atoms with Crippen LogP contribution in [0, 0.1) is 17.8 Å². The molecule has 4 nitrogen and oxygen atoms in total. The van der Waals surface area contributed by atoms with Crippen molar-refractivity contribution in [1.82, 2.24) is 15.1 Å². The first-order valence-corrected chi connectivity index (χ1v) is 7.59. The zero-order valence-electron chi connectivity index (χ0n) is 11.8. The van der Waals surface area contributed by atoms with Gasteiger partial charge in [0.15, 0.2) is 0 Å². The number of rotatable bonds is 5. The van der Waals surface area contributed by atoms with Crippen LogP contribution in [0.5, 0.6) is 0 Å². The molecule has 1 heterocycles. The minimum absolute atomic E-state index is 0.0363. The Hall–Kier alpha value is -0.870. The molecule has 4 heteroatoms. The Morgan fingerprint density at radius 3 is 2.74 bits per heavy atom. The number of aliphatic hydroxyl groups is 1. The van der Waals surface area contributed by atoms with Crippen LogP contribution in [0.2, 0.25) is 0 Å². The van der Waals surface area contributed by atoms with E-state index in [4.69, 9.17) is 0 Å². The zero-order chi connectivity index (χ0) is 13.2. The average molecular weight is 263 g/mol. The summed E-state index contributed by atoms with van der Waals surface area (Å²) in [6, 6.07) is 0.0363. The lowest BCUT2D eigenvalue weighted by molar-refractivity contribution is 0.0932. The second-order valence-electron chi connectivity index (χ2n) is 6.37. The molecule has 0 radical (unpaired) electrons. The number of nitrogens with one attached hydrogen (secondary N) is 1. The molecule has 3 aliphatic carbocycles. The molecule has 3 aliphatic rings. The molecule has 1 aromatic heterocycles. The van der Waals surface area contributed by atoms with Gasteiger partial charge in [-0.3, -0.25) is 4.68 Å². The molecule has 0 amide bonds. The summed E-state index contributed by atoms with van der Waals surface area (Å²) in [7, 11) is 1.91. The zero-order valence-corrected chi connectivity index (χ0v) is 11.8. The van der Waals surface area contributed by atoms with Crippen LogP contribution in [-0.2, 0) is 7.05 Å². The summed E-state index contributed by atoms with van der Waals surface area (Å²) in [4.78, 5) is 0. The summed E-state index contributed by atoms with van der Waals surface area (Å²) in [6.45, 7) is 1.19. The third-order valence-electron chi connectivity index (χ3n) is 5.13.